The minimum Gasteiger partial charge on any atom is -0.465 e. The molecule has 0 fully saturated rings. The Morgan fingerprint density at radius 2 is 1.66 bits per heavy atom. The van der Waals surface area contributed by atoms with Crippen LogP contribution in [0.2, 0.25) is 0 Å². The predicted octanol–water partition coefficient (Wildman–Crippen LogP) is 4.48. The van der Waals surface area contributed by atoms with Gasteiger partial charge in [0.05, 0.1) is 0 Å². The maximum atomic E-state index is 11.4. The normalized spacial score (nSPS) is 13.1. The van der Waals surface area contributed by atoms with Crippen molar-refractivity contribution in [2.75, 3.05) is 11.9 Å². The van der Waals surface area contributed by atoms with Crippen LogP contribution in [-0.2, 0) is 28.3 Å². The van der Waals surface area contributed by atoms with Crippen LogP contribution < -0.4 is 10.6 Å². The maximum absolute atomic E-state index is 11.4. The molecule has 0 heterocycles. The van der Waals surface area contributed by atoms with Gasteiger partial charge in [0.15, 0.2) is 5.78 Å². The topological polar surface area (TPSA) is 78.4 Å². The average molecular weight is 440 g/mol. The summed E-state index contributed by atoms with van der Waals surface area (Å²) < 4.78 is 0. The molecule has 1 aliphatic rings. The third-order valence-electron chi connectivity index (χ3n) is 3.90. The number of hydrogen-bond acceptors (Lipinski definition) is 3. The second-order valence-corrected chi connectivity index (χ2v) is 6.16. The number of ketones is 1. The number of carbonyl (C=O) groups excluding carboxylic acids is 1. The number of hydrogen-bond donors (Lipinski definition) is 3. The van der Waals surface area contributed by atoms with Crippen molar-refractivity contribution >= 4 is 17.6 Å². The zero-order valence-corrected chi connectivity index (χ0v) is 17.0. The van der Waals surface area contributed by atoms with Gasteiger partial charge in [-0.15, -0.1) is 0 Å². The fourth-order valence-electron chi connectivity index (χ4n) is 2.37. The number of rotatable bonds is 5. The van der Waals surface area contributed by atoms with E-state index in [1.165, 1.54) is 5.56 Å². The van der Waals surface area contributed by atoms with Gasteiger partial charge in [0.1, 0.15) is 0 Å². The van der Waals surface area contributed by atoms with E-state index in [0.717, 1.165) is 17.7 Å². The second-order valence-electron chi connectivity index (χ2n) is 6.16. The molecule has 0 aliphatic heterocycles. The summed E-state index contributed by atoms with van der Waals surface area (Å²) in [4.78, 5) is 21.5. The molecule has 1 radical (unpaired) electrons. The molecule has 5 nitrogen and oxygen atoms in total. The fourth-order valence-corrected chi connectivity index (χ4v) is 2.37. The van der Waals surface area contributed by atoms with Gasteiger partial charge in [-0.05, 0) is 43.2 Å². The molecule has 29 heavy (non-hydrogen) atoms. The molecule has 2 aromatic carbocycles. The van der Waals surface area contributed by atoms with Crippen molar-refractivity contribution in [2.24, 2.45) is 0 Å². The minimum atomic E-state index is -0.967. The molecule has 1 aliphatic carbocycles. The van der Waals surface area contributed by atoms with Crippen LogP contribution in [0.5, 0.6) is 0 Å². The van der Waals surface area contributed by atoms with Crippen LogP contribution in [0.15, 0.2) is 90.7 Å². The molecule has 1 amide bonds. The van der Waals surface area contributed by atoms with Gasteiger partial charge in [0.2, 0.25) is 0 Å². The Bertz CT molecular complexity index is 873. The zero-order chi connectivity index (χ0) is 20.2. The molecule has 0 saturated carbocycles. The average Bonchev–Trinajstić information content (AvgIpc) is 2.70. The van der Waals surface area contributed by atoms with E-state index in [2.05, 4.69) is 10.6 Å². The first kappa shape index (κ1) is 24.0. The molecule has 0 unspecified atom stereocenters. The smallest absolute Gasteiger partial charge is 0.404 e. The van der Waals surface area contributed by atoms with Crippen LogP contribution in [0.3, 0.4) is 0 Å². The van der Waals surface area contributed by atoms with Gasteiger partial charge in [-0.1, -0.05) is 60.2 Å². The Morgan fingerprint density at radius 1 is 1.00 bits per heavy atom. The van der Waals surface area contributed by atoms with Crippen LogP contribution in [0, 0.1) is 6.92 Å². The van der Waals surface area contributed by atoms with E-state index in [9.17, 15) is 9.59 Å². The number of benzene rings is 2. The Morgan fingerprint density at radius 3 is 2.28 bits per heavy atom. The van der Waals surface area contributed by atoms with Gasteiger partial charge in [0.25, 0.3) is 0 Å². The Hall–Kier alpha value is -3.08. The zero-order valence-electron chi connectivity index (χ0n) is 16.1. The number of carboxylic acid groups (broad SMARTS) is 1. The number of anilines is 1. The Labute approximate surface area is 181 Å². The summed E-state index contributed by atoms with van der Waals surface area (Å²) in [5, 5.41) is 13.7. The third kappa shape index (κ3) is 9.60. The number of allylic oxidation sites excluding steroid dienone is 5. The van der Waals surface area contributed by atoms with Crippen LogP contribution >= 0.6 is 0 Å². The molecule has 2 aromatic rings. The maximum Gasteiger partial charge on any atom is 0.404 e. The van der Waals surface area contributed by atoms with E-state index in [-0.39, 0.29) is 22.9 Å². The summed E-state index contributed by atoms with van der Waals surface area (Å²) >= 11 is 0. The number of nitrogens with one attached hydrogen (secondary N) is 2. The van der Waals surface area contributed by atoms with E-state index < -0.39 is 6.09 Å². The van der Waals surface area contributed by atoms with Crippen molar-refractivity contribution in [1.29, 1.82) is 0 Å². The van der Waals surface area contributed by atoms with E-state index in [0.29, 0.717) is 12.1 Å². The van der Waals surface area contributed by atoms with Crippen LogP contribution in [0.1, 0.15) is 11.1 Å². The summed E-state index contributed by atoms with van der Waals surface area (Å²) in [5.74, 6) is 0.0297. The summed E-state index contributed by atoms with van der Waals surface area (Å²) in [5.41, 5.74) is 4.01. The second kappa shape index (κ2) is 13.2. The molecule has 0 saturated heterocycles. The predicted molar refractivity (Wildman–Crippen MR) is 112 cm³/mol. The fraction of sp³-hybridized carbons (Fsp3) is 0.130. The van der Waals surface area contributed by atoms with Crippen molar-refractivity contribution < 1.29 is 31.8 Å². The molecule has 0 spiro atoms. The van der Waals surface area contributed by atoms with Crippen molar-refractivity contribution in [1.82, 2.24) is 5.32 Å². The van der Waals surface area contributed by atoms with Crippen molar-refractivity contribution in [3.8, 4) is 0 Å². The SMILES string of the molecule is Cc1ccc(N/C=C2/C=CC=CC2=O)cc1.O=C(O)NCCc1ccccc1.[Cu]. The largest absolute Gasteiger partial charge is 0.465 e. The summed E-state index contributed by atoms with van der Waals surface area (Å²) in [6.45, 7) is 2.51. The molecular formula is C23H24CuN2O3. The Kier molecular flexibility index (Phi) is 10.9. The molecule has 0 bridgehead atoms. The van der Waals surface area contributed by atoms with E-state index in [4.69, 9.17) is 5.11 Å². The van der Waals surface area contributed by atoms with Crippen LogP contribution in [-0.4, -0.2) is 23.5 Å². The molecule has 155 valence electrons. The van der Waals surface area contributed by atoms with Gasteiger partial charge in [-0.2, -0.15) is 0 Å². The monoisotopic (exact) mass is 439 g/mol. The molecular weight excluding hydrogens is 416 g/mol. The van der Waals surface area contributed by atoms with Gasteiger partial charge >= 0.3 is 6.09 Å². The van der Waals surface area contributed by atoms with Gasteiger partial charge in [-0.3, -0.25) is 4.79 Å². The summed E-state index contributed by atoms with van der Waals surface area (Å²) in [7, 11) is 0. The minimum absolute atomic E-state index is 0. The molecule has 0 atom stereocenters. The third-order valence-corrected chi connectivity index (χ3v) is 3.90. The van der Waals surface area contributed by atoms with Crippen LogP contribution in [0.4, 0.5) is 10.5 Å². The first-order chi connectivity index (χ1) is 13.5. The quantitative estimate of drug-likeness (QED) is 0.474. The van der Waals surface area contributed by atoms with E-state index >= 15 is 0 Å². The number of carbonyl (C=O) groups is 2. The van der Waals surface area contributed by atoms with Crippen molar-refractivity contribution in [3.63, 3.8) is 0 Å². The molecule has 0 aromatic heterocycles. The van der Waals surface area contributed by atoms with Gasteiger partial charge in [-0.25, -0.2) is 4.79 Å². The standard InChI is InChI=1S/C14H13NO.C9H11NO2.Cu/c1-11-6-8-13(9-7-11)15-10-12-4-2-3-5-14(12)16;11-9(12)10-7-6-8-4-2-1-3-5-8;/h2-10,15H,1H3;1-5,10H,6-7H2,(H,11,12);/b12-10-;;. The molecule has 6 heteroatoms. The number of amides is 1. The van der Waals surface area contributed by atoms with E-state index in [1.54, 1.807) is 24.4 Å². The van der Waals surface area contributed by atoms with E-state index in [1.807, 2.05) is 67.6 Å². The van der Waals surface area contributed by atoms with Gasteiger partial charge < -0.3 is 15.7 Å². The van der Waals surface area contributed by atoms with Crippen LogP contribution in [0.25, 0.3) is 0 Å². The first-order valence-electron chi connectivity index (χ1n) is 8.98. The summed E-state index contributed by atoms with van der Waals surface area (Å²) in [6.07, 6.45) is 8.45. The van der Waals surface area contributed by atoms with Crippen molar-refractivity contribution in [2.45, 2.75) is 13.3 Å². The first-order valence-corrected chi connectivity index (χ1v) is 8.98. The van der Waals surface area contributed by atoms with Crippen molar-refractivity contribution in [3.05, 3.63) is 102 Å². The molecule has 3 rings (SSSR count). The summed E-state index contributed by atoms with van der Waals surface area (Å²) in [6, 6.07) is 17.8. The van der Waals surface area contributed by atoms with Gasteiger partial charge in [0, 0.05) is 41.1 Å². The Balaban J connectivity index is 0.000000292. The number of aryl methyl sites for hydroxylation is 1. The molecule has 3 N–H and O–H groups in total.